The molecule has 1 fully saturated rings. The number of β-amino-alcohol motifs (C(OH)–C–C–N with tert-alkyl or cyclic N) is 1. The third-order valence-corrected chi connectivity index (χ3v) is 5.94. The molecular weight excluding hydrogens is 424 g/mol. The summed E-state index contributed by atoms with van der Waals surface area (Å²) in [5.41, 5.74) is 1.45. The second kappa shape index (κ2) is 10.6. The lowest BCUT2D eigenvalue weighted by atomic mass is 9.91. The van der Waals surface area contributed by atoms with Gasteiger partial charge in [0.1, 0.15) is 17.7 Å². The van der Waals surface area contributed by atoms with Gasteiger partial charge < -0.3 is 25.2 Å². The maximum absolute atomic E-state index is 13.5. The van der Waals surface area contributed by atoms with E-state index in [4.69, 9.17) is 4.52 Å². The normalized spacial score (nSPS) is 19.9. The van der Waals surface area contributed by atoms with E-state index < -0.39 is 30.0 Å². The molecule has 3 amide bonds. The molecule has 33 heavy (non-hydrogen) atoms. The first-order valence-corrected chi connectivity index (χ1v) is 11.2. The average molecular weight is 457 g/mol. The quantitative estimate of drug-likeness (QED) is 0.555. The lowest BCUT2D eigenvalue weighted by molar-refractivity contribution is -0.141. The van der Waals surface area contributed by atoms with Crippen LogP contribution in [0.2, 0.25) is 0 Å². The Hall–Kier alpha value is -3.20. The highest BCUT2D eigenvalue weighted by Crippen LogP contribution is 2.31. The number of carbonyl (C=O) groups is 3. The molecule has 1 aliphatic rings. The number of nitrogens with one attached hydrogen (secondary N) is 2. The van der Waals surface area contributed by atoms with Gasteiger partial charge in [0.15, 0.2) is 0 Å². The second-order valence-corrected chi connectivity index (χ2v) is 8.84. The van der Waals surface area contributed by atoms with Crippen molar-refractivity contribution in [2.24, 2.45) is 5.92 Å². The second-order valence-electron chi connectivity index (χ2n) is 8.84. The molecule has 0 spiro atoms. The molecular formula is C24H32N4O5. The molecule has 2 aromatic rings. The SMILES string of the molecule is CNC(=O)C[C@H](NC(=O)[C@@H]1C[C@@H](O)CN1C(=O)[C@@H](c1cc(C)no1)C(C)C)c1ccccc1. The molecule has 2 heterocycles. The van der Waals surface area contributed by atoms with Crippen molar-refractivity contribution in [2.45, 2.75) is 57.7 Å². The van der Waals surface area contributed by atoms with Gasteiger partial charge in [0, 0.05) is 26.1 Å². The first-order valence-electron chi connectivity index (χ1n) is 11.2. The fourth-order valence-electron chi connectivity index (χ4n) is 4.24. The lowest BCUT2D eigenvalue weighted by Gasteiger charge is -2.30. The van der Waals surface area contributed by atoms with Crippen LogP contribution in [-0.2, 0) is 14.4 Å². The van der Waals surface area contributed by atoms with Crippen LogP contribution in [0.5, 0.6) is 0 Å². The molecule has 1 saturated heterocycles. The van der Waals surface area contributed by atoms with Gasteiger partial charge in [0.25, 0.3) is 0 Å². The van der Waals surface area contributed by atoms with Gasteiger partial charge in [-0.25, -0.2) is 0 Å². The molecule has 178 valence electrons. The predicted molar refractivity (Wildman–Crippen MR) is 121 cm³/mol. The third kappa shape index (κ3) is 5.78. The number of aromatic nitrogens is 1. The number of benzene rings is 1. The zero-order chi connectivity index (χ0) is 24.1. The number of amides is 3. The molecule has 3 N–H and O–H groups in total. The van der Waals surface area contributed by atoms with Crippen molar-refractivity contribution < 1.29 is 24.0 Å². The zero-order valence-corrected chi connectivity index (χ0v) is 19.4. The van der Waals surface area contributed by atoms with Gasteiger partial charge in [-0.3, -0.25) is 14.4 Å². The van der Waals surface area contributed by atoms with Crippen molar-refractivity contribution in [2.75, 3.05) is 13.6 Å². The van der Waals surface area contributed by atoms with Gasteiger partial charge in [0.05, 0.1) is 24.3 Å². The van der Waals surface area contributed by atoms with Gasteiger partial charge in [0.2, 0.25) is 17.7 Å². The smallest absolute Gasteiger partial charge is 0.243 e. The molecule has 1 aromatic carbocycles. The Morgan fingerprint density at radius 1 is 1.24 bits per heavy atom. The molecule has 1 aromatic heterocycles. The van der Waals surface area contributed by atoms with Crippen LogP contribution < -0.4 is 10.6 Å². The minimum atomic E-state index is -0.853. The zero-order valence-electron chi connectivity index (χ0n) is 19.4. The Kier molecular flexibility index (Phi) is 7.86. The van der Waals surface area contributed by atoms with Gasteiger partial charge in [-0.15, -0.1) is 0 Å². The minimum absolute atomic E-state index is 0.0543. The van der Waals surface area contributed by atoms with Crippen molar-refractivity contribution >= 4 is 17.7 Å². The van der Waals surface area contributed by atoms with Gasteiger partial charge in [-0.1, -0.05) is 49.3 Å². The number of aliphatic hydroxyl groups is 1. The highest BCUT2D eigenvalue weighted by molar-refractivity contribution is 5.91. The highest BCUT2D eigenvalue weighted by atomic mass is 16.5. The minimum Gasteiger partial charge on any atom is -0.391 e. The molecule has 9 heteroatoms. The molecule has 0 radical (unpaired) electrons. The number of nitrogens with zero attached hydrogens (tertiary/aromatic N) is 2. The molecule has 4 atom stereocenters. The Morgan fingerprint density at radius 3 is 2.52 bits per heavy atom. The average Bonchev–Trinajstić information content (AvgIpc) is 3.39. The number of carbonyl (C=O) groups excluding carboxylic acids is 3. The summed E-state index contributed by atoms with van der Waals surface area (Å²) in [4.78, 5) is 40.3. The molecule has 0 unspecified atom stereocenters. The van der Waals surface area contributed by atoms with Crippen LogP contribution in [0.25, 0.3) is 0 Å². The van der Waals surface area contributed by atoms with Crippen LogP contribution >= 0.6 is 0 Å². The summed E-state index contributed by atoms with van der Waals surface area (Å²) < 4.78 is 5.36. The van der Waals surface area contributed by atoms with Crippen molar-refractivity contribution in [3.8, 4) is 0 Å². The number of aryl methyl sites for hydroxylation is 1. The lowest BCUT2D eigenvalue weighted by Crippen LogP contribution is -2.49. The molecule has 1 aliphatic heterocycles. The summed E-state index contributed by atoms with van der Waals surface area (Å²) in [7, 11) is 1.54. The number of hydrogen-bond donors (Lipinski definition) is 3. The van der Waals surface area contributed by atoms with E-state index in [-0.39, 0.29) is 37.1 Å². The Bertz CT molecular complexity index is 974. The van der Waals surface area contributed by atoms with Crippen molar-refractivity contribution in [1.29, 1.82) is 0 Å². The number of aliphatic hydroxyl groups excluding tert-OH is 1. The Labute approximate surface area is 193 Å². The molecule has 3 rings (SSSR count). The van der Waals surface area contributed by atoms with Crippen LogP contribution in [0.15, 0.2) is 40.9 Å². The first kappa shape index (κ1) is 24.4. The van der Waals surface area contributed by atoms with Gasteiger partial charge in [-0.2, -0.15) is 0 Å². The number of likely N-dealkylation sites (tertiary alicyclic amines) is 1. The van der Waals surface area contributed by atoms with Gasteiger partial charge in [-0.05, 0) is 18.4 Å². The highest BCUT2D eigenvalue weighted by Gasteiger charge is 2.43. The van der Waals surface area contributed by atoms with E-state index >= 15 is 0 Å². The fraction of sp³-hybridized carbons (Fsp3) is 0.500. The first-order chi connectivity index (χ1) is 15.7. The van der Waals surface area contributed by atoms with Crippen LogP contribution in [0, 0.1) is 12.8 Å². The summed E-state index contributed by atoms with van der Waals surface area (Å²) in [5, 5.41) is 19.7. The number of hydrogen-bond acceptors (Lipinski definition) is 6. The van der Waals surface area contributed by atoms with E-state index in [1.165, 1.54) is 11.9 Å². The summed E-state index contributed by atoms with van der Waals surface area (Å²) >= 11 is 0. The Balaban J connectivity index is 1.82. The van der Waals surface area contributed by atoms with Crippen molar-refractivity contribution in [1.82, 2.24) is 20.7 Å². The van der Waals surface area contributed by atoms with E-state index in [0.29, 0.717) is 11.5 Å². The molecule has 0 saturated carbocycles. The van der Waals surface area contributed by atoms with Crippen molar-refractivity contribution in [3.05, 3.63) is 53.4 Å². The summed E-state index contributed by atoms with van der Waals surface area (Å²) in [6, 6.07) is 9.49. The van der Waals surface area contributed by atoms with Crippen LogP contribution in [0.1, 0.15) is 55.7 Å². The van der Waals surface area contributed by atoms with Crippen LogP contribution in [0.3, 0.4) is 0 Å². The van der Waals surface area contributed by atoms with Crippen LogP contribution in [0.4, 0.5) is 0 Å². The Morgan fingerprint density at radius 2 is 1.94 bits per heavy atom. The van der Waals surface area contributed by atoms with E-state index in [1.54, 1.807) is 13.0 Å². The standard InChI is InChI=1S/C24H32N4O5/c1-14(2)22(20-10-15(3)27-33-20)24(32)28-13-17(29)11-19(28)23(31)26-18(12-21(30)25-4)16-8-6-5-7-9-16/h5-10,14,17-19,22,29H,11-13H2,1-4H3,(H,25,30)(H,26,31)/t17-,18+,19+,22-/m1/s1. The van der Waals surface area contributed by atoms with Gasteiger partial charge >= 0.3 is 0 Å². The molecule has 9 nitrogen and oxygen atoms in total. The van der Waals surface area contributed by atoms with Crippen molar-refractivity contribution in [3.63, 3.8) is 0 Å². The van der Waals surface area contributed by atoms with E-state index in [9.17, 15) is 19.5 Å². The largest absolute Gasteiger partial charge is 0.391 e. The number of rotatable bonds is 8. The monoisotopic (exact) mass is 456 g/mol. The summed E-state index contributed by atoms with van der Waals surface area (Å²) in [6.45, 7) is 5.63. The molecule has 0 aliphatic carbocycles. The third-order valence-electron chi connectivity index (χ3n) is 5.94. The topological polar surface area (TPSA) is 125 Å². The molecule has 0 bridgehead atoms. The predicted octanol–water partition coefficient (Wildman–Crippen LogP) is 1.68. The fourth-order valence-corrected chi connectivity index (χ4v) is 4.24. The van der Waals surface area contributed by atoms with E-state index in [0.717, 1.165) is 5.56 Å². The van der Waals surface area contributed by atoms with E-state index in [2.05, 4.69) is 15.8 Å². The maximum Gasteiger partial charge on any atom is 0.243 e. The summed E-state index contributed by atoms with van der Waals surface area (Å²) in [6.07, 6.45) is -0.635. The van der Waals surface area contributed by atoms with Crippen LogP contribution in [-0.4, -0.2) is 58.6 Å². The maximum atomic E-state index is 13.5. The van der Waals surface area contributed by atoms with E-state index in [1.807, 2.05) is 44.2 Å². The summed E-state index contributed by atoms with van der Waals surface area (Å²) in [5.74, 6) is -1.20.